The molecule has 2 aliphatic heterocycles. The lowest BCUT2D eigenvalue weighted by Gasteiger charge is -2.30. The zero-order chi connectivity index (χ0) is 16.4. The van der Waals surface area contributed by atoms with Crippen LogP contribution >= 0.6 is 0 Å². The van der Waals surface area contributed by atoms with Crippen molar-refractivity contribution in [2.45, 2.75) is 89.4 Å². The molecule has 2 aliphatic rings. The monoisotopic (exact) mass is 318 g/mol. The van der Waals surface area contributed by atoms with Crippen molar-refractivity contribution in [3.8, 4) is 0 Å². The molecule has 22 heavy (non-hydrogen) atoms. The summed E-state index contributed by atoms with van der Waals surface area (Å²) in [6.07, 6.45) is -0.368. The molecule has 0 unspecified atom stereocenters. The first-order chi connectivity index (χ1) is 10.4. The lowest BCUT2D eigenvalue weighted by molar-refractivity contribution is -0.206. The van der Waals surface area contributed by atoms with Gasteiger partial charge in [-0.15, -0.1) is 0 Å². The van der Waals surface area contributed by atoms with Gasteiger partial charge in [-0.05, 0) is 25.7 Å². The summed E-state index contributed by atoms with van der Waals surface area (Å²) < 4.78 is 23.1. The Morgan fingerprint density at radius 1 is 0.773 bits per heavy atom. The fourth-order valence-electron chi connectivity index (χ4n) is 3.17. The highest BCUT2D eigenvalue weighted by atomic mass is 16.8. The lowest BCUT2D eigenvalue weighted by Crippen LogP contribution is -2.47. The van der Waals surface area contributed by atoms with Crippen LogP contribution in [0.5, 0.6) is 0 Å². The first-order valence-electron chi connectivity index (χ1n) is 8.44. The third-order valence-corrected chi connectivity index (χ3v) is 5.02. The van der Waals surface area contributed by atoms with E-state index >= 15 is 0 Å². The molecule has 0 radical (unpaired) electrons. The van der Waals surface area contributed by atoms with Crippen LogP contribution in [0.2, 0.25) is 0 Å². The maximum atomic E-state index is 10.4. The number of aliphatic hydroxyl groups excluding tert-OH is 2. The van der Waals surface area contributed by atoms with Gasteiger partial charge >= 0.3 is 0 Å². The van der Waals surface area contributed by atoms with Gasteiger partial charge in [0.1, 0.15) is 24.4 Å². The van der Waals surface area contributed by atoms with Crippen molar-refractivity contribution in [2.75, 3.05) is 13.2 Å². The zero-order valence-electron chi connectivity index (χ0n) is 14.1. The van der Waals surface area contributed by atoms with Crippen LogP contribution in [-0.2, 0) is 18.9 Å². The first kappa shape index (κ1) is 18.1. The SMILES string of the molecule is CCC1(CC)OC[C@H]([C@H](O)[C@@H](O)[C@H]2COC(CC)(CC)O2)O1. The van der Waals surface area contributed by atoms with E-state index in [1.54, 1.807) is 0 Å². The summed E-state index contributed by atoms with van der Waals surface area (Å²) in [5.74, 6) is -1.29. The van der Waals surface area contributed by atoms with Crippen molar-refractivity contribution < 1.29 is 29.2 Å². The van der Waals surface area contributed by atoms with Crippen LogP contribution in [0.15, 0.2) is 0 Å². The Balaban J connectivity index is 1.95. The maximum absolute atomic E-state index is 10.4. The van der Waals surface area contributed by atoms with E-state index in [-0.39, 0.29) is 13.2 Å². The number of rotatable bonds is 7. The fraction of sp³-hybridized carbons (Fsp3) is 1.00. The van der Waals surface area contributed by atoms with E-state index in [0.29, 0.717) is 25.7 Å². The largest absolute Gasteiger partial charge is 0.387 e. The summed E-state index contributed by atoms with van der Waals surface area (Å²) in [5, 5.41) is 20.9. The van der Waals surface area contributed by atoms with Crippen LogP contribution in [0, 0.1) is 0 Å². The Morgan fingerprint density at radius 2 is 1.09 bits per heavy atom. The Bertz CT molecular complexity index is 319. The molecule has 2 saturated heterocycles. The van der Waals surface area contributed by atoms with E-state index in [0.717, 1.165) is 0 Å². The predicted molar refractivity (Wildman–Crippen MR) is 80.3 cm³/mol. The molecule has 2 N–H and O–H groups in total. The molecule has 0 aromatic heterocycles. The molecule has 0 saturated carbocycles. The van der Waals surface area contributed by atoms with Gasteiger partial charge < -0.3 is 29.2 Å². The molecule has 0 amide bonds. The molecule has 2 fully saturated rings. The van der Waals surface area contributed by atoms with Gasteiger partial charge in [-0.25, -0.2) is 0 Å². The maximum Gasteiger partial charge on any atom is 0.168 e. The van der Waals surface area contributed by atoms with Crippen LogP contribution in [0.3, 0.4) is 0 Å². The molecule has 130 valence electrons. The minimum absolute atomic E-state index is 0.278. The molecule has 6 heteroatoms. The first-order valence-corrected chi connectivity index (χ1v) is 8.44. The van der Waals surface area contributed by atoms with Gasteiger partial charge in [-0.1, -0.05) is 27.7 Å². The summed E-state index contributed by atoms with van der Waals surface area (Å²) in [5.41, 5.74) is 0. The number of hydrogen-bond acceptors (Lipinski definition) is 6. The van der Waals surface area contributed by atoms with E-state index in [4.69, 9.17) is 18.9 Å². The second-order valence-electron chi connectivity index (χ2n) is 6.15. The van der Waals surface area contributed by atoms with Gasteiger partial charge in [0.2, 0.25) is 0 Å². The summed E-state index contributed by atoms with van der Waals surface area (Å²) >= 11 is 0. The Hall–Kier alpha value is -0.240. The third-order valence-electron chi connectivity index (χ3n) is 5.02. The number of ether oxygens (including phenoxy) is 4. The van der Waals surface area contributed by atoms with Gasteiger partial charge in [-0.2, -0.15) is 0 Å². The standard InChI is InChI=1S/C16H30O6/c1-5-15(6-2)19-9-11(21-15)13(17)14(18)12-10-20-16(7-3,8-4)22-12/h11-14,17-18H,5-10H2,1-4H3/t11-,12-,13+,14+/m1/s1. The Morgan fingerprint density at radius 3 is 1.32 bits per heavy atom. The topological polar surface area (TPSA) is 77.4 Å². The number of hydrogen-bond donors (Lipinski definition) is 2. The second kappa shape index (κ2) is 7.11. The van der Waals surface area contributed by atoms with Gasteiger partial charge in [0.05, 0.1) is 13.2 Å². The van der Waals surface area contributed by atoms with Gasteiger partial charge in [0.15, 0.2) is 11.6 Å². The quantitative estimate of drug-likeness (QED) is 0.742. The smallest absolute Gasteiger partial charge is 0.168 e. The molecule has 0 aromatic rings. The summed E-state index contributed by atoms with van der Waals surface area (Å²) in [6.45, 7) is 8.50. The lowest BCUT2D eigenvalue weighted by atomic mass is 10.0. The molecular formula is C16H30O6. The average Bonchev–Trinajstić information content (AvgIpc) is 3.19. The van der Waals surface area contributed by atoms with Gasteiger partial charge in [0, 0.05) is 0 Å². The van der Waals surface area contributed by atoms with Crippen LogP contribution in [-0.4, -0.2) is 59.4 Å². The molecular weight excluding hydrogens is 288 g/mol. The van der Waals surface area contributed by atoms with Crippen molar-refractivity contribution in [3.63, 3.8) is 0 Å². The zero-order valence-corrected chi connectivity index (χ0v) is 14.1. The molecule has 0 spiro atoms. The second-order valence-corrected chi connectivity index (χ2v) is 6.15. The average molecular weight is 318 g/mol. The minimum atomic E-state index is -1.06. The van der Waals surface area contributed by atoms with Crippen molar-refractivity contribution in [1.82, 2.24) is 0 Å². The fourth-order valence-corrected chi connectivity index (χ4v) is 3.17. The number of aliphatic hydroxyl groups is 2. The normalized spacial score (nSPS) is 33.0. The van der Waals surface area contributed by atoms with E-state index in [9.17, 15) is 10.2 Å². The van der Waals surface area contributed by atoms with E-state index in [1.165, 1.54) is 0 Å². The minimum Gasteiger partial charge on any atom is -0.387 e. The van der Waals surface area contributed by atoms with Crippen molar-refractivity contribution in [3.05, 3.63) is 0 Å². The highest BCUT2D eigenvalue weighted by molar-refractivity contribution is 4.91. The Kier molecular flexibility index (Phi) is 5.85. The van der Waals surface area contributed by atoms with Gasteiger partial charge in [-0.3, -0.25) is 0 Å². The molecule has 4 atom stereocenters. The van der Waals surface area contributed by atoms with Crippen molar-refractivity contribution in [2.24, 2.45) is 0 Å². The summed E-state index contributed by atoms with van der Waals surface area (Å²) in [4.78, 5) is 0. The molecule has 0 aliphatic carbocycles. The molecule has 0 aromatic carbocycles. The summed E-state index contributed by atoms with van der Waals surface area (Å²) in [7, 11) is 0. The van der Waals surface area contributed by atoms with Crippen molar-refractivity contribution >= 4 is 0 Å². The summed E-state index contributed by atoms with van der Waals surface area (Å²) in [6, 6.07) is 0. The van der Waals surface area contributed by atoms with Crippen LogP contribution < -0.4 is 0 Å². The highest BCUT2D eigenvalue weighted by Gasteiger charge is 2.48. The molecule has 0 bridgehead atoms. The Labute approximate surface area is 132 Å². The van der Waals surface area contributed by atoms with Gasteiger partial charge in [0.25, 0.3) is 0 Å². The van der Waals surface area contributed by atoms with E-state index < -0.39 is 36.0 Å². The van der Waals surface area contributed by atoms with E-state index in [2.05, 4.69) is 0 Å². The van der Waals surface area contributed by atoms with Crippen molar-refractivity contribution in [1.29, 1.82) is 0 Å². The highest BCUT2D eigenvalue weighted by Crippen LogP contribution is 2.35. The predicted octanol–water partition coefficient (Wildman–Crippen LogP) is 1.57. The molecule has 2 heterocycles. The van der Waals surface area contributed by atoms with Crippen LogP contribution in [0.25, 0.3) is 0 Å². The van der Waals surface area contributed by atoms with Crippen LogP contribution in [0.1, 0.15) is 53.4 Å². The van der Waals surface area contributed by atoms with E-state index in [1.807, 2.05) is 27.7 Å². The molecule has 2 rings (SSSR count). The third kappa shape index (κ3) is 3.32. The molecule has 6 nitrogen and oxygen atoms in total. The van der Waals surface area contributed by atoms with Crippen LogP contribution in [0.4, 0.5) is 0 Å².